The average molecular weight is 949 g/mol. The zero-order valence-corrected chi connectivity index (χ0v) is 41.1. The quantitative estimate of drug-likeness (QED) is 0.0603. The van der Waals surface area contributed by atoms with Crippen molar-refractivity contribution in [3.8, 4) is 17.2 Å². The molecule has 0 aromatic heterocycles. The van der Waals surface area contributed by atoms with Crippen molar-refractivity contribution in [1.29, 1.82) is 0 Å². The number of ether oxygens (including phenoxy) is 1. The molecule has 0 amide bonds. The zero-order chi connectivity index (χ0) is 49.4. The molecule has 13 aromatic rings. The van der Waals surface area contributed by atoms with E-state index < -0.39 is 7.32 Å². The summed E-state index contributed by atoms with van der Waals surface area (Å²) in [7, 11) is 0.561. The Morgan fingerprint density at radius 2 is 0.753 bits per heavy atom. The van der Waals surface area contributed by atoms with Gasteiger partial charge in [0.15, 0.2) is 0 Å². The predicted molar refractivity (Wildman–Crippen MR) is 310 cm³/mol. The Morgan fingerprint density at radius 3 is 1.11 bits per heavy atom. The number of nitrogens with zero attached hydrogens (tertiary/aromatic N) is 1. The van der Waals surface area contributed by atoms with Gasteiger partial charge < -0.3 is 29.3 Å². The number of nitrogen functional groups attached to an aromatic ring is 1. The van der Waals surface area contributed by atoms with Crippen molar-refractivity contribution < 1.29 is 18.7 Å². The summed E-state index contributed by atoms with van der Waals surface area (Å²) >= 11 is 0. The molecule has 2 N–H and O–H groups in total. The fourth-order valence-electron chi connectivity index (χ4n) is 10.5. The molecular weight excluding hydrogens is 896 g/mol. The van der Waals surface area contributed by atoms with Gasteiger partial charge in [-0.05, 0) is 173 Å². The SMILES string of the molecule is CCN(CCOC)c1ccc(N)c(C)c1.c1ccc2cc3c(ccc4cccc(OB(Oc5cccc6ccc7cc8ccccc8cc7c56)Oc5cccc6ccc7cc8ccccc8cc7c56)c43)cc2c1. The highest BCUT2D eigenvalue weighted by atomic mass is 16.7. The lowest BCUT2D eigenvalue weighted by Crippen LogP contribution is -2.37. The lowest BCUT2D eigenvalue weighted by molar-refractivity contribution is 0.205. The Morgan fingerprint density at radius 1 is 0.397 bits per heavy atom. The summed E-state index contributed by atoms with van der Waals surface area (Å²) in [6, 6.07) is 76.8. The molecule has 0 saturated heterocycles. The second-order valence-corrected chi connectivity index (χ2v) is 18.8. The van der Waals surface area contributed by atoms with Crippen LogP contribution in [-0.4, -0.2) is 34.1 Å². The van der Waals surface area contributed by atoms with E-state index in [-0.39, 0.29) is 0 Å². The van der Waals surface area contributed by atoms with E-state index in [1.54, 1.807) is 7.11 Å². The van der Waals surface area contributed by atoms with E-state index in [0.29, 0.717) is 17.2 Å². The molecule has 6 nitrogen and oxygen atoms in total. The summed E-state index contributed by atoms with van der Waals surface area (Å²) in [6.07, 6.45) is 0. The monoisotopic (exact) mass is 948 g/mol. The number of methoxy groups -OCH3 is 1. The van der Waals surface area contributed by atoms with Crippen LogP contribution in [0.25, 0.3) is 97.0 Å². The third kappa shape index (κ3) is 8.79. The smallest absolute Gasteiger partial charge is 0.489 e. The minimum Gasteiger partial charge on any atom is -0.489 e. The topological polar surface area (TPSA) is 66.2 Å². The summed E-state index contributed by atoms with van der Waals surface area (Å²) in [6.45, 7) is 6.81. The number of likely N-dealkylation sites (N-methyl/N-ethyl adjacent to an activating group) is 1. The van der Waals surface area contributed by atoms with E-state index in [2.05, 4.69) is 188 Å². The van der Waals surface area contributed by atoms with Gasteiger partial charge in [0, 0.05) is 47.7 Å². The molecule has 0 aliphatic heterocycles. The van der Waals surface area contributed by atoms with Crippen LogP contribution in [0.4, 0.5) is 11.4 Å². The minimum absolute atomic E-state index is 0.676. The maximum atomic E-state index is 7.07. The Balaban J connectivity index is 0.000000314. The number of hydrogen-bond donors (Lipinski definition) is 1. The minimum atomic E-state index is -1.16. The van der Waals surface area contributed by atoms with Crippen LogP contribution >= 0.6 is 0 Å². The molecule has 0 spiro atoms. The summed E-state index contributed by atoms with van der Waals surface area (Å²) in [4.78, 5) is 2.27. The highest BCUT2D eigenvalue weighted by molar-refractivity contribution is 6.41. The molecule has 0 bridgehead atoms. The third-order valence-corrected chi connectivity index (χ3v) is 14.3. The first-order chi connectivity index (χ1) is 35.9. The first-order valence-corrected chi connectivity index (χ1v) is 25.0. The maximum Gasteiger partial charge on any atom is 0.864 e. The molecular formula is C66H53BN2O4. The second kappa shape index (κ2) is 19.4. The van der Waals surface area contributed by atoms with Crippen molar-refractivity contribution in [3.05, 3.63) is 224 Å². The Kier molecular flexibility index (Phi) is 12.1. The van der Waals surface area contributed by atoms with Gasteiger partial charge in [-0.25, -0.2) is 0 Å². The van der Waals surface area contributed by atoms with Crippen molar-refractivity contribution >= 4 is 116 Å². The zero-order valence-electron chi connectivity index (χ0n) is 41.1. The van der Waals surface area contributed by atoms with Crippen LogP contribution in [0.5, 0.6) is 17.2 Å². The van der Waals surface area contributed by atoms with E-state index in [9.17, 15) is 0 Å². The van der Waals surface area contributed by atoms with Crippen LogP contribution in [0.2, 0.25) is 0 Å². The largest absolute Gasteiger partial charge is 0.864 e. The van der Waals surface area contributed by atoms with Gasteiger partial charge in [0.1, 0.15) is 17.2 Å². The summed E-state index contributed by atoms with van der Waals surface area (Å²) < 4.78 is 26.3. The van der Waals surface area contributed by atoms with Gasteiger partial charge in [-0.3, -0.25) is 0 Å². The molecule has 0 aliphatic carbocycles. The number of rotatable bonds is 11. The van der Waals surface area contributed by atoms with Gasteiger partial charge in [-0.1, -0.05) is 146 Å². The number of benzene rings is 13. The predicted octanol–water partition coefficient (Wildman–Crippen LogP) is 16.6. The Bertz CT molecular complexity index is 3850. The van der Waals surface area contributed by atoms with E-state index in [4.69, 9.17) is 24.4 Å². The number of nitrogens with two attached hydrogens (primary N) is 1. The number of aryl methyl sites for hydroxylation is 1. The Labute approximate surface area is 424 Å². The van der Waals surface area contributed by atoms with E-state index >= 15 is 0 Å². The fraction of sp³-hybridized carbons (Fsp3) is 0.0909. The van der Waals surface area contributed by atoms with Gasteiger partial charge in [-0.2, -0.15) is 0 Å². The fourth-order valence-corrected chi connectivity index (χ4v) is 10.5. The van der Waals surface area contributed by atoms with Gasteiger partial charge in [0.25, 0.3) is 0 Å². The normalized spacial score (nSPS) is 11.5. The molecule has 0 fully saturated rings. The van der Waals surface area contributed by atoms with Crippen molar-refractivity contribution in [2.45, 2.75) is 13.8 Å². The summed E-state index contributed by atoms with van der Waals surface area (Å²) in [5.74, 6) is 2.03. The van der Waals surface area contributed by atoms with Crippen LogP contribution < -0.4 is 24.6 Å². The van der Waals surface area contributed by atoms with Crippen LogP contribution in [0.3, 0.4) is 0 Å². The molecule has 0 atom stereocenters. The number of hydrogen-bond acceptors (Lipinski definition) is 6. The van der Waals surface area contributed by atoms with Crippen molar-refractivity contribution in [1.82, 2.24) is 0 Å². The second-order valence-electron chi connectivity index (χ2n) is 18.8. The molecule has 354 valence electrons. The molecule has 13 rings (SSSR count). The van der Waals surface area contributed by atoms with E-state index in [1.807, 2.05) is 49.4 Å². The highest BCUT2D eigenvalue weighted by Gasteiger charge is 2.33. The van der Waals surface area contributed by atoms with Gasteiger partial charge in [0.2, 0.25) is 0 Å². The average Bonchev–Trinajstić information content (AvgIpc) is 3.42. The molecule has 73 heavy (non-hydrogen) atoms. The number of fused-ring (bicyclic) bond motifs is 12. The highest BCUT2D eigenvalue weighted by Crippen LogP contribution is 2.40. The molecule has 0 saturated carbocycles. The summed E-state index contributed by atoms with van der Waals surface area (Å²) in [5.41, 5.74) is 8.97. The Hall–Kier alpha value is -8.78. The van der Waals surface area contributed by atoms with Crippen LogP contribution in [-0.2, 0) is 4.74 Å². The van der Waals surface area contributed by atoms with Crippen LogP contribution in [0, 0.1) is 6.92 Å². The molecule has 0 aliphatic rings. The van der Waals surface area contributed by atoms with Crippen molar-refractivity contribution in [2.75, 3.05) is 37.4 Å². The maximum absolute atomic E-state index is 7.07. The molecule has 13 aromatic carbocycles. The van der Waals surface area contributed by atoms with Crippen molar-refractivity contribution in [2.24, 2.45) is 0 Å². The number of anilines is 2. The van der Waals surface area contributed by atoms with E-state index in [1.165, 1.54) is 38.0 Å². The van der Waals surface area contributed by atoms with Gasteiger partial charge in [0.05, 0.1) is 6.61 Å². The van der Waals surface area contributed by atoms with Gasteiger partial charge in [-0.15, -0.1) is 0 Å². The molecule has 7 heteroatoms. The molecule has 0 unspecified atom stereocenters. The molecule has 0 heterocycles. The van der Waals surface area contributed by atoms with Crippen molar-refractivity contribution in [3.63, 3.8) is 0 Å². The van der Waals surface area contributed by atoms with Crippen LogP contribution in [0.15, 0.2) is 218 Å². The lowest BCUT2D eigenvalue weighted by atomic mass is 9.96. The standard InChI is InChI=1S/C54H33BO3.C12H20N2O/c1-4-13-40-31-46-43(28-37(40)10-1)25-22-34-16-7-19-49(52(34)46)56-55(57-50-20-8-17-35-23-26-44-29-38-11-2-5-14-41(38)32-47(44)53(35)50)58-51-21-9-18-36-24-27-45-30-39-12-3-6-15-42(39)33-48(45)54(36)51;1-4-14(7-8-15-3)11-5-6-12(13)10(2)9-11/h1-33H;5-6,9H,4,7-8,13H2,1-3H3. The van der Waals surface area contributed by atoms with Gasteiger partial charge >= 0.3 is 7.32 Å². The first kappa shape index (κ1) is 45.4. The first-order valence-electron chi connectivity index (χ1n) is 25.0. The molecule has 0 radical (unpaired) electrons. The van der Waals surface area contributed by atoms with E-state index in [0.717, 1.165) is 95.6 Å². The third-order valence-electron chi connectivity index (χ3n) is 14.3. The van der Waals surface area contributed by atoms with Crippen LogP contribution in [0.1, 0.15) is 12.5 Å². The lowest BCUT2D eigenvalue weighted by Gasteiger charge is -2.23. The summed E-state index contributed by atoms with van der Waals surface area (Å²) in [5, 5.41) is 20.1.